The number of para-hydroxylation sites is 1. The fraction of sp³-hybridized carbons (Fsp3) is 0.529. The van der Waals surface area contributed by atoms with Crippen molar-refractivity contribution in [3.05, 3.63) is 41.5 Å². The number of hydrogen-bond donors (Lipinski definition) is 0. The second-order valence-corrected chi connectivity index (χ2v) is 5.56. The number of aryl methyl sites for hydroxylation is 2. The summed E-state index contributed by atoms with van der Waals surface area (Å²) in [5.74, 6) is 2.45. The standard InChI is InChI=1S/C17H25N3O2/c1-4-8-16-18-17(22-19-16)13-20(3)11-7-12-21-15-10-6-5-9-14(15)2/h5-6,9-10H,4,7-8,11-13H2,1-3H3. The van der Waals surface area contributed by atoms with Gasteiger partial charge in [0.25, 0.3) is 0 Å². The SMILES string of the molecule is CCCc1noc(CN(C)CCCOc2ccccc2C)n1. The minimum absolute atomic E-state index is 0.682. The second kappa shape index (κ2) is 8.54. The summed E-state index contributed by atoms with van der Waals surface area (Å²) in [6.07, 6.45) is 2.86. The number of ether oxygens (including phenoxy) is 1. The van der Waals surface area contributed by atoms with Crippen molar-refractivity contribution in [3.8, 4) is 5.75 Å². The van der Waals surface area contributed by atoms with E-state index in [1.54, 1.807) is 0 Å². The van der Waals surface area contributed by atoms with Gasteiger partial charge >= 0.3 is 0 Å². The maximum absolute atomic E-state index is 5.80. The van der Waals surface area contributed by atoms with Crippen LogP contribution in [0.1, 0.15) is 37.0 Å². The predicted molar refractivity (Wildman–Crippen MR) is 85.9 cm³/mol. The Morgan fingerprint density at radius 1 is 1.27 bits per heavy atom. The van der Waals surface area contributed by atoms with Crippen molar-refractivity contribution in [2.75, 3.05) is 20.2 Å². The molecule has 1 heterocycles. The molecule has 0 spiro atoms. The van der Waals surface area contributed by atoms with Crippen LogP contribution in [0, 0.1) is 6.92 Å². The zero-order valence-electron chi connectivity index (χ0n) is 13.7. The van der Waals surface area contributed by atoms with Crippen molar-refractivity contribution in [1.29, 1.82) is 0 Å². The fourth-order valence-corrected chi connectivity index (χ4v) is 2.22. The summed E-state index contributed by atoms with van der Waals surface area (Å²) in [5.41, 5.74) is 1.17. The maximum atomic E-state index is 5.80. The molecule has 5 heteroatoms. The summed E-state index contributed by atoms with van der Waals surface area (Å²) in [4.78, 5) is 6.55. The van der Waals surface area contributed by atoms with E-state index >= 15 is 0 Å². The molecule has 2 rings (SSSR count). The minimum atomic E-state index is 0.682. The molecule has 0 aliphatic carbocycles. The van der Waals surface area contributed by atoms with Gasteiger partial charge in [0.2, 0.25) is 5.89 Å². The molecule has 0 unspecified atom stereocenters. The van der Waals surface area contributed by atoms with Crippen LogP contribution in [0.15, 0.2) is 28.8 Å². The predicted octanol–water partition coefficient (Wildman–Crippen LogP) is 3.23. The molecule has 0 amide bonds. The Morgan fingerprint density at radius 3 is 2.86 bits per heavy atom. The summed E-state index contributed by atoms with van der Waals surface area (Å²) in [6.45, 7) is 6.49. The Bertz CT molecular complexity index is 569. The molecule has 0 radical (unpaired) electrons. The van der Waals surface area contributed by atoms with Crippen LogP contribution < -0.4 is 4.74 Å². The number of hydrogen-bond acceptors (Lipinski definition) is 5. The van der Waals surface area contributed by atoms with E-state index in [4.69, 9.17) is 9.26 Å². The van der Waals surface area contributed by atoms with E-state index in [0.29, 0.717) is 19.0 Å². The van der Waals surface area contributed by atoms with E-state index in [1.165, 1.54) is 5.56 Å². The molecule has 2 aromatic rings. The van der Waals surface area contributed by atoms with E-state index in [1.807, 2.05) is 18.2 Å². The molecule has 0 saturated heterocycles. The first-order valence-electron chi connectivity index (χ1n) is 7.87. The summed E-state index contributed by atoms with van der Waals surface area (Å²) >= 11 is 0. The molecule has 120 valence electrons. The lowest BCUT2D eigenvalue weighted by Crippen LogP contribution is -2.21. The molecule has 1 aromatic carbocycles. The quantitative estimate of drug-likeness (QED) is 0.666. The largest absolute Gasteiger partial charge is 0.493 e. The molecule has 1 aromatic heterocycles. The van der Waals surface area contributed by atoms with Gasteiger partial charge in [0.1, 0.15) is 5.75 Å². The highest BCUT2D eigenvalue weighted by Crippen LogP contribution is 2.16. The Balaban J connectivity index is 1.67. The van der Waals surface area contributed by atoms with Crippen molar-refractivity contribution in [1.82, 2.24) is 15.0 Å². The van der Waals surface area contributed by atoms with Crippen molar-refractivity contribution in [3.63, 3.8) is 0 Å². The third kappa shape index (κ3) is 5.15. The monoisotopic (exact) mass is 303 g/mol. The summed E-state index contributed by atoms with van der Waals surface area (Å²) in [7, 11) is 2.05. The van der Waals surface area contributed by atoms with E-state index < -0.39 is 0 Å². The van der Waals surface area contributed by atoms with E-state index in [9.17, 15) is 0 Å². The average molecular weight is 303 g/mol. The molecule has 0 aliphatic rings. The van der Waals surface area contributed by atoms with Gasteiger partial charge < -0.3 is 9.26 Å². The van der Waals surface area contributed by atoms with Gasteiger partial charge in [-0.1, -0.05) is 30.3 Å². The number of benzene rings is 1. The van der Waals surface area contributed by atoms with E-state index in [2.05, 4.69) is 42.0 Å². The summed E-state index contributed by atoms with van der Waals surface area (Å²) < 4.78 is 11.0. The molecule has 0 saturated carbocycles. The zero-order chi connectivity index (χ0) is 15.8. The Morgan fingerprint density at radius 2 is 2.09 bits per heavy atom. The third-order valence-electron chi connectivity index (χ3n) is 3.42. The van der Waals surface area contributed by atoms with Crippen molar-refractivity contribution >= 4 is 0 Å². The van der Waals surface area contributed by atoms with Crippen molar-refractivity contribution in [2.24, 2.45) is 0 Å². The smallest absolute Gasteiger partial charge is 0.240 e. The second-order valence-electron chi connectivity index (χ2n) is 5.56. The number of nitrogens with zero attached hydrogens (tertiary/aromatic N) is 3. The lowest BCUT2D eigenvalue weighted by atomic mass is 10.2. The highest BCUT2D eigenvalue weighted by Gasteiger charge is 2.08. The highest BCUT2D eigenvalue weighted by molar-refractivity contribution is 5.31. The van der Waals surface area contributed by atoms with Crippen molar-refractivity contribution < 1.29 is 9.26 Å². The molecule has 0 atom stereocenters. The third-order valence-corrected chi connectivity index (χ3v) is 3.42. The van der Waals surface area contributed by atoms with Crippen LogP contribution in [0.25, 0.3) is 0 Å². The van der Waals surface area contributed by atoms with Crippen LogP contribution in [0.2, 0.25) is 0 Å². The van der Waals surface area contributed by atoms with E-state index in [-0.39, 0.29) is 0 Å². The lowest BCUT2D eigenvalue weighted by Gasteiger charge is -2.14. The Kier molecular flexibility index (Phi) is 6.40. The highest BCUT2D eigenvalue weighted by atomic mass is 16.5. The van der Waals surface area contributed by atoms with Crippen LogP contribution in [0.3, 0.4) is 0 Å². The Hall–Kier alpha value is -1.88. The molecule has 0 N–H and O–H groups in total. The Labute approximate surface area is 132 Å². The average Bonchev–Trinajstić information content (AvgIpc) is 2.93. The van der Waals surface area contributed by atoms with Gasteiger partial charge in [0, 0.05) is 13.0 Å². The van der Waals surface area contributed by atoms with Crippen molar-refractivity contribution in [2.45, 2.75) is 39.7 Å². The molecule has 22 heavy (non-hydrogen) atoms. The number of rotatable bonds is 9. The first-order chi connectivity index (χ1) is 10.7. The molecular formula is C17H25N3O2. The van der Waals surface area contributed by atoms with Gasteiger partial charge in [-0.15, -0.1) is 0 Å². The normalized spacial score (nSPS) is 11.1. The van der Waals surface area contributed by atoms with Crippen LogP contribution in [0.4, 0.5) is 0 Å². The van der Waals surface area contributed by atoms with Gasteiger partial charge in [0.15, 0.2) is 5.82 Å². The van der Waals surface area contributed by atoms with E-state index in [0.717, 1.165) is 37.4 Å². The zero-order valence-corrected chi connectivity index (χ0v) is 13.7. The molecule has 0 aliphatic heterocycles. The molecule has 5 nitrogen and oxygen atoms in total. The summed E-state index contributed by atoms with van der Waals surface area (Å²) in [5, 5.41) is 3.97. The van der Waals surface area contributed by atoms with Gasteiger partial charge in [-0.2, -0.15) is 4.98 Å². The van der Waals surface area contributed by atoms with Gasteiger partial charge in [0.05, 0.1) is 13.2 Å². The molecule has 0 fully saturated rings. The molecular weight excluding hydrogens is 278 g/mol. The van der Waals surface area contributed by atoms with Crippen LogP contribution in [0.5, 0.6) is 5.75 Å². The van der Waals surface area contributed by atoms with Crippen LogP contribution >= 0.6 is 0 Å². The topological polar surface area (TPSA) is 51.4 Å². The minimum Gasteiger partial charge on any atom is -0.493 e. The maximum Gasteiger partial charge on any atom is 0.240 e. The molecule has 0 bridgehead atoms. The number of aromatic nitrogens is 2. The van der Waals surface area contributed by atoms with Gasteiger partial charge in [-0.3, -0.25) is 4.90 Å². The fourth-order valence-electron chi connectivity index (χ4n) is 2.22. The van der Waals surface area contributed by atoms with Gasteiger partial charge in [-0.25, -0.2) is 0 Å². The van der Waals surface area contributed by atoms with Crippen LogP contribution in [-0.4, -0.2) is 35.2 Å². The first-order valence-corrected chi connectivity index (χ1v) is 7.87. The van der Waals surface area contributed by atoms with Crippen LogP contribution in [-0.2, 0) is 13.0 Å². The first kappa shape index (κ1) is 16.5. The summed E-state index contributed by atoms with van der Waals surface area (Å²) in [6, 6.07) is 8.09. The lowest BCUT2D eigenvalue weighted by molar-refractivity contribution is 0.234. The van der Waals surface area contributed by atoms with Gasteiger partial charge in [-0.05, 0) is 38.4 Å².